The molecule has 1 rings (SSSR count). The van der Waals surface area contributed by atoms with Crippen molar-refractivity contribution in [2.24, 2.45) is 5.73 Å². The van der Waals surface area contributed by atoms with Crippen molar-refractivity contribution >= 4 is 21.8 Å². The summed E-state index contributed by atoms with van der Waals surface area (Å²) in [5, 5.41) is 0. The molecule has 2 N–H and O–H groups in total. The Morgan fingerprint density at radius 3 is 2.62 bits per heavy atom. The smallest absolute Gasteiger partial charge is 0.262 e. The van der Waals surface area contributed by atoms with Gasteiger partial charge >= 0.3 is 0 Å². The van der Waals surface area contributed by atoms with Gasteiger partial charge in [0.05, 0.1) is 11.1 Å². The monoisotopic (exact) mass is 358 g/mol. The molecule has 1 aromatic carbocycles. The second-order valence-corrected chi connectivity index (χ2v) is 5.72. The number of halogens is 1. The first-order valence-corrected chi connectivity index (χ1v) is 7.73. The fourth-order valence-electron chi connectivity index (χ4n) is 1.90. The Balaban J connectivity index is 3.06. The van der Waals surface area contributed by atoms with Crippen LogP contribution < -0.4 is 15.2 Å². The van der Waals surface area contributed by atoms with E-state index in [1.54, 1.807) is 21.0 Å². The molecule has 0 radical (unpaired) electrons. The number of nitrogens with two attached hydrogens (primary N) is 1. The quantitative estimate of drug-likeness (QED) is 0.811. The van der Waals surface area contributed by atoms with Gasteiger partial charge in [-0.05, 0) is 60.4 Å². The SMILES string of the molecule is CCOc1cc(CCN)cc(Br)c1OC(C)C(=O)N(C)C. The molecule has 0 aliphatic rings. The first-order chi connectivity index (χ1) is 9.90. The zero-order chi connectivity index (χ0) is 16.0. The lowest BCUT2D eigenvalue weighted by molar-refractivity contribution is -0.135. The third-order valence-corrected chi connectivity index (χ3v) is 3.47. The molecule has 1 amide bonds. The van der Waals surface area contributed by atoms with Crippen molar-refractivity contribution in [2.45, 2.75) is 26.4 Å². The van der Waals surface area contributed by atoms with Crippen LogP contribution in [-0.2, 0) is 11.2 Å². The van der Waals surface area contributed by atoms with E-state index >= 15 is 0 Å². The van der Waals surface area contributed by atoms with Gasteiger partial charge in [0.15, 0.2) is 17.6 Å². The molecule has 1 unspecified atom stereocenters. The molecule has 0 aliphatic heterocycles. The summed E-state index contributed by atoms with van der Waals surface area (Å²) in [6.07, 6.45) is 0.168. The summed E-state index contributed by atoms with van der Waals surface area (Å²) in [4.78, 5) is 13.4. The van der Waals surface area contributed by atoms with Crippen LogP contribution >= 0.6 is 15.9 Å². The summed E-state index contributed by atoms with van der Waals surface area (Å²) >= 11 is 3.48. The predicted molar refractivity (Wildman–Crippen MR) is 86.9 cm³/mol. The van der Waals surface area contributed by atoms with Crippen LogP contribution in [0.2, 0.25) is 0 Å². The molecule has 0 spiro atoms. The topological polar surface area (TPSA) is 64.8 Å². The molecule has 1 atom stereocenters. The van der Waals surface area contributed by atoms with Gasteiger partial charge in [-0.15, -0.1) is 0 Å². The van der Waals surface area contributed by atoms with Crippen LogP contribution in [0.5, 0.6) is 11.5 Å². The van der Waals surface area contributed by atoms with Crippen LogP contribution in [0.1, 0.15) is 19.4 Å². The van der Waals surface area contributed by atoms with Gasteiger partial charge in [0.25, 0.3) is 5.91 Å². The van der Waals surface area contributed by atoms with Crippen molar-refractivity contribution in [1.82, 2.24) is 4.90 Å². The number of hydrogen-bond acceptors (Lipinski definition) is 4. The maximum Gasteiger partial charge on any atom is 0.262 e. The highest BCUT2D eigenvalue weighted by Crippen LogP contribution is 2.37. The van der Waals surface area contributed by atoms with E-state index in [2.05, 4.69) is 15.9 Å². The van der Waals surface area contributed by atoms with E-state index in [-0.39, 0.29) is 5.91 Å². The minimum absolute atomic E-state index is 0.101. The standard InChI is InChI=1S/C15H23BrN2O3/c1-5-20-13-9-11(6-7-17)8-12(16)14(13)21-10(2)15(19)18(3)4/h8-10H,5-7,17H2,1-4H3. The molecule has 0 aliphatic carbocycles. The van der Waals surface area contributed by atoms with E-state index < -0.39 is 6.10 Å². The van der Waals surface area contributed by atoms with Gasteiger partial charge in [-0.2, -0.15) is 0 Å². The Hall–Kier alpha value is -1.27. The van der Waals surface area contributed by atoms with Crippen LogP contribution in [0.25, 0.3) is 0 Å². The van der Waals surface area contributed by atoms with Gasteiger partial charge in [-0.25, -0.2) is 0 Å². The number of carbonyl (C=O) groups is 1. The minimum Gasteiger partial charge on any atom is -0.490 e. The van der Waals surface area contributed by atoms with Crippen molar-refractivity contribution < 1.29 is 14.3 Å². The lowest BCUT2D eigenvalue weighted by Crippen LogP contribution is -2.35. The molecule has 118 valence electrons. The van der Waals surface area contributed by atoms with E-state index in [1.807, 2.05) is 19.1 Å². The van der Waals surface area contributed by atoms with Crippen LogP contribution in [0.4, 0.5) is 0 Å². The van der Waals surface area contributed by atoms with Crippen LogP contribution in [0.15, 0.2) is 16.6 Å². The highest BCUT2D eigenvalue weighted by molar-refractivity contribution is 9.10. The maximum absolute atomic E-state index is 11.9. The summed E-state index contributed by atoms with van der Waals surface area (Å²) in [6, 6.07) is 3.85. The fourth-order valence-corrected chi connectivity index (χ4v) is 2.48. The lowest BCUT2D eigenvalue weighted by Gasteiger charge is -2.21. The summed E-state index contributed by atoms with van der Waals surface area (Å²) in [5.74, 6) is 1.06. The highest BCUT2D eigenvalue weighted by atomic mass is 79.9. The number of ether oxygens (including phenoxy) is 2. The number of likely N-dealkylation sites (N-methyl/N-ethyl adjacent to an activating group) is 1. The minimum atomic E-state index is -0.587. The molecule has 0 fully saturated rings. The van der Waals surface area contributed by atoms with Gasteiger partial charge in [-0.1, -0.05) is 0 Å². The lowest BCUT2D eigenvalue weighted by atomic mass is 10.1. The zero-order valence-electron chi connectivity index (χ0n) is 13.0. The molecule has 0 aromatic heterocycles. The normalized spacial score (nSPS) is 11.9. The van der Waals surface area contributed by atoms with Crippen molar-refractivity contribution in [2.75, 3.05) is 27.2 Å². The second kappa shape index (κ2) is 8.24. The molecule has 21 heavy (non-hydrogen) atoms. The number of rotatable bonds is 7. The zero-order valence-corrected chi connectivity index (χ0v) is 14.6. The molecular formula is C15H23BrN2O3. The molecule has 1 aromatic rings. The van der Waals surface area contributed by atoms with E-state index in [9.17, 15) is 4.79 Å². The van der Waals surface area contributed by atoms with Crippen LogP contribution in [-0.4, -0.2) is 44.2 Å². The van der Waals surface area contributed by atoms with Crippen molar-refractivity contribution in [3.63, 3.8) is 0 Å². The highest BCUT2D eigenvalue weighted by Gasteiger charge is 2.21. The largest absolute Gasteiger partial charge is 0.490 e. The van der Waals surface area contributed by atoms with Crippen LogP contribution in [0.3, 0.4) is 0 Å². The predicted octanol–water partition coefficient (Wildman–Crippen LogP) is 2.20. The maximum atomic E-state index is 11.9. The molecule has 5 nitrogen and oxygen atoms in total. The van der Waals surface area contributed by atoms with Gasteiger partial charge in [0.2, 0.25) is 0 Å². The number of benzene rings is 1. The Morgan fingerprint density at radius 2 is 2.10 bits per heavy atom. The molecule has 0 bridgehead atoms. The number of nitrogens with zero attached hydrogens (tertiary/aromatic N) is 1. The molecule has 6 heteroatoms. The molecule has 0 saturated heterocycles. The van der Waals surface area contributed by atoms with Gasteiger partial charge in [0, 0.05) is 14.1 Å². The average Bonchev–Trinajstić information content (AvgIpc) is 2.42. The summed E-state index contributed by atoms with van der Waals surface area (Å²) in [6.45, 7) is 4.71. The van der Waals surface area contributed by atoms with Crippen molar-refractivity contribution in [1.29, 1.82) is 0 Å². The Kier molecular flexibility index (Phi) is 6.98. The van der Waals surface area contributed by atoms with Gasteiger partial charge in [0.1, 0.15) is 0 Å². The van der Waals surface area contributed by atoms with Gasteiger partial charge in [-0.3, -0.25) is 4.79 Å². The van der Waals surface area contributed by atoms with Crippen LogP contribution in [0, 0.1) is 0 Å². The number of amides is 1. The Morgan fingerprint density at radius 1 is 1.43 bits per heavy atom. The second-order valence-electron chi connectivity index (χ2n) is 4.87. The third kappa shape index (κ3) is 4.89. The van der Waals surface area contributed by atoms with E-state index in [1.165, 1.54) is 4.90 Å². The first-order valence-electron chi connectivity index (χ1n) is 6.93. The summed E-state index contributed by atoms with van der Waals surface area (Å²) < 4.78 is 12.2. The van der Waals surface area contributed by atoms with Crippen molar-refractivity contribution in [3.8, 4) is 11.5 Å². The van der Waals surface area contributed by atoms with E-state index in [4.69, 9.17) is 15.2 Å². The third-order valence-electron chi connectivity index (χ3n) is 2.89. The van der Waals surface area contributed by atoms with Crippen molar-refractivity contribution in [3.05, 3.63) is 22.2 Å². The van der Waals surface area contributed by atoms with E-state index in [0.29, 0.717) is 24.7 Å². The molecule has 0 heterocycles. The number of hydrogen-bond donors (Lipinski definition) is 1. The summed E-state index contributed by atoms with van der Waals surface area (Å²) in [5.41, 5.74) is 6.65. The summed E-state index contributed by atoms with van der Waals surface area (Å²) in [7, 11) is 3.40. The number of carbonyl (C=O) groups excluding carboxylic acids is 1. The average molecular weight is 359 g/mol. The first kappa shape index (κ1) is 17.8. The Bertz CT molecular complexity index is 492. The molecular weight excluding hydrogens is 336 g/mol. The van der Waals surface area contributed by atoms with E-state index in [0.717, 1.165) is 16.5 Å². The molecule has 0 saturated carbocycles. The Labute approximate surface area is 134 Å². The van der Waals surface area contributed by atoms with Gasteiger partial charge < -0.3 is 20.1 Å². The fraction of sp³-hybridized carbons (Fsp3) is 0.533.